The lowest BCUT2D eigenvalue weighted by Crippen LogP contribution is -2.48. The molecule has 6 nitrogen and oxygen atoms in total. The molecular weight excluding hydrogens is 410 g/mol. The molecule has 0 saturated carbocycles. The van der Waals surface area contributed by atoms with Crippen molar-refractivity contribution < 1.29 is 14.3 Å². The maximum Gasteiger partial charge on any atom is 0.241 e. The molecule has 27 heavy (non-hydrogen) atoms. The number of hydrogen-bond donors (Lipinski definition) is 2. The summed E-state index contributed by atoms with van der Waals surface area (Å²) in [5.41, 5.74) is 0.780. The molecule has 2 N–H and O–H groups in total. The van der Waals surface area contributed by atoms with E-state index in [1.165, 1.54) is 0 Å². The zero-order chi connectivity index (χ0) is 19.6. The first-order valence-corrected chi connectivity index (χ1v) is 10.5. The molecule has 1 aliphatic heterocycles. The van der Waals surface area contributed by atoms with Gasteiger partial charge in [-0.05, 0) is 64.4 Å². The number of nitrogens with one attached hydrogen (secondary N) is 2. The Kier molecular flexibility index (Phi) is 9.24. The molecule has 1 aromatic carbocycles. The molecule has 0 aliphatic carbocycles. The van der Waals surface area contributed by atoms with Crippen LogP contribution in [0.25, 0.3) is 0 Å². The Morgan fingerprint density at radius 2 is 2.07 bits per heavy atom. The average Bonchev–Trinajstić information content (AvgIpc) is 2.67. The number of amides is 2. The van der Waals surface area contributed by atoms with Crippen LogP contribution < -0.4 is 10.6 Å². The monoisotopic (exact) mass is 439 g/mol. The highest BCUT2D eigenvalue weighted by molar-refractivity contribution is 9.10. The molecule has 1 atom stereocenters. The predicted molar refractivity (Wildman–Crippen MR) is 111 cm³/mol. The zero-order valence-corrected chi connectivity index (χ0v) is 17.8. The second-order valence-electron chi connectivity index (χ2n) is 6.83. The number of piperidine rings is 1. The van der Waals surface area contributed by atoms with Crippen LogP contribution in [0.3, 0.4) is 0 Å². The summed E-state index contributed by atoms with van der Waals surface area (Å²) in [6, 6.07) is 7.35. The van der Waals surface area contributed by atoms with Gasteiger partial charge in [-0.15, -0.1) is 0 Å². The van der Waals surface area contributed by atoms with E-state index in [2.05, 4.69) is 31.5 Å². The van der Waals surface area contributed by atoms with Crippen LogP contribution in [0.1, 0.15) is 33.1 Å². The minimum absolute atomic E-state index is 0.0214. The van der Waals surface area contributed by atoms with Gasteiger partial charge in [-0.2, -0.15) is 0 Å². The second-order valence-corrected chi connectivity index (χ2v) is 7.74. The molecule has 0 aromatic heterocycles. The van der Waals surface area contributed by atoms with Crippen molar-refractivity contribution in [1.82, 2.24) is 10.2 Å². The Hall–Kier alpha value is -1.44. The van der Waals surface area contributed by atoms with E-state index < -0.39 is 0 Å². The Labute approximate surface area is 170 Å². The van der Waals surface area contributed by atoms with Crippen molar-refractivity contribution >= 4 is 33.4 Å². The van der Waals surface area contributed by atoms with Crippen molar-refractivity contribution in [3.05, 3.63) is 28.7 Å². The van der Waals surface area contributed by atoms with E-state index in [9.17, 15) is 9.59 Å². The topological polar surface area (TPSA) is 70.7 Å². The van der Waals surface area contributed by atoms with E-state index in [-0.39, 0.29) is 23.8 Å². The van der Waals surface area contributed by atoms with Gasteiger partial charge in [-0.3, -0.25) is 14.5 Å². The fraction of sp³-hybridized carbons (Fsp3) is 0.600. The summed E-state index contributed by atoms with van der Waals surface area (Å²) in [6.45, 7) is 7.44. The zero-order valence-electron chi connectivity index (χ0n) is 16.2. The number of anilines is 1. The fourth-order valence-electron chi connectivity index (χ4n) is 3.20. The molecule has 1 fully saturated rings. The summed E-state index contributed by atoms with van der Waals surface area (Å²) >= 11 is 3.41. The molecule has 1 heterocycles. The van der Waals surface area contributed by atoms with Crippen LogP contribution in [0.5, 0.6) is 0 Å². The number of nitrogens with zero attached hydrogens (tertiary/aromatic N) is 1. The molecular formula is C20H30BrN3O3. The molecule has 0 radical (unpaired) electrons. The maximum absolute atomic E-state index is 12.5. The number of hydrogen-bond acceptors (Lipinski definition) is 4. The van der Waals surface area contributed by atoms with Crippen LogP contribution in [0.2, 0.25) is 0 Å². The van der Waals surface area contributed by atoms with Gasteiger partial charge < -0.3 is 15.4 Å². The summed E-state index contributed by atoms with van der Waals surface area (Å²) in [5, 5.41) is 5.95. The van der Waals surface area contributed by atoms with Crippen LogP contribution in [0.15, 0.2) is 28.7 Å². The third kappa shape index (κ3) is 7.24. The van der Waals surface area contributed by atoms with Gasteiger partial charge in [0, 0.05) is 35.8 Å². The number of carbonyl (C=O) groups excluding carboxylic acids is 2. The van der Waals surface area contributed by atoms with E-state index in [4.69, 9.17) is 4.74 Å². The molecule has 150 valence electrons. The molecule has 1 aliphatic rings. The minimum Gasteiger partial charge on any atom is -0.382 e. The molecule has 2 amide bonds. The van der Waals surface area contributed by atoms with Gasteiger partial charge in [-0.1, -0.05) is 22.0 Å². The lowest BCUT2D eigenvalue weighted by atomic mass is 9.95. The summed E-state index contributed by atoms with van der Waals surface area (Å²) in [4.78, 5) is 26.9. The predicted octanol–water partition coefficient (Wildman–Crippen LogP) is 3.03. The lowest BCUT2D eigenvalue weighted by molar-refractivity contribution is -0.127. The molecule has 0 bridgehead atoms. The van der Waals surface area contributed by atoms with Crippen LogP contribution in [0, 0.1) is 5.92 Å². The maximum atomic E-state index is 12.5. The third-order valence-corrected chi connectivity index (χ3v) is 5.38. The summed E-state index contributed by atoms with van der Waals surface area (Å²) < 4.78 is 6.21. The summed E-state index contributed by atoms with van der Waals surface area (Å²) in [7, 11) is 0. The van der Waals surface area contributed by atoms with Gasteiger partial charge in [0.1, 0.15) is 0 Å². The van der Waals surface area contributed by atoms with Gasteiger partial charge in [0.2, 0.25) is 11.8 Å². The summed E-state index contributed by atoms with van der Waals surface area (Å²) in [5.74, 6) is 0.137. The van der Waals surface area contributed by atoms with Crippen molar-refractivity contribution in [2.24, 2.45) is 5.92 Å². The van der Waals surface area contributed by atoms with Crippen LogP contribution >= 0.6 is 15.9 Å². The highest BCUT2D eigenvalue weighted by atomic mass is 79.9. The van der Waals surface area contributed by atoms with Gasteiger partial charge in [0.25, 0.3) is 0 Å². The van der Waals surface area contributed by atoms with Crippen LogP contribution in [-0.2, 0) is 14.3 Å². The SMILES string of the molecule is CCOCCCNC(=O)C1CCN(C(C)C(=O)Nc2cccc(Br)c2)CC1. The highest BCUT2D eigenvalue weighted by Crippen LogP contribution is 2.21. The largest absolute Gasteiger partial charge is 0.382 e. The smallest absolute Gasteiger partial charge is 0.241 e. The third-order valence-electron chi connectivity index (χ3n) is 4.89. The van der Waals surface area contributed by atoms with Crippen LogP contribution in [-0.4, -0.2) is 55.6 Å². The van der Waals surface area contributed by atoms with Crippen molar-refractivity contribution in [3.63, 3.8) is 0 Å². The molecule has 1 saturated heterocycles. The highest BCUT2D eigenvalue weighted by Gasteiger charge is 2.29. The Balaban J connectivity index is 1.72. The first-order valence-electron chi connectivity index (χ1n) is 9.67. The molecule has 0 spiro atoms. The number of benzene rings is 1. The second kappa shape index (κ2) is 11.4. The van der Waals surface area contributed by atoms with Crippen molar-refractivity contribution in [2.75, 3.05) is 38.2 Å². The molecule has 1 aromatic rings. The van der Waals surface area contributed by atoms with Crippen LogP contribution in [0.4, 0.5) is 5.69 Å². The molecule has 2 rings (SSSR count). The number of carbonyl (C=O) groups is 2. The van der Waals surface area contributed by atoms with E-state index in [0.717, 1.165) is 42.5 Å². The first-order chi connectivity index (χ1) is 13.0. The van der Waals surface area contributed by atoms with Crippen molar-refractivity contribution in [2.45, 2.75) is 39.2 Å². The van der Waals surface area contributed by atoms with Crippen molar-refractivity contribution in [3.8, 4) is 0 Å². The summed E-state index contributed by atoms with van der Waals surface area (Å²) in [6.07, 6.45) is 2.41. The Bertz CT molecular complexity index is 618. The number of rotatable bonds is 9. The minimum atomic E-state index is -0.223. The first kappa shape index (κ1) is 21.9. The van der Waals surface area contributed by atoms with Gasteiger partial charge in [0.05, 0.1) is 6.04 Å². The number of halogens is 1. The fourth-order valence-corrected chi connectivity index (χ4v) is 3.60. The van der Waals surface area contributed by atoms with E-state index >= 15 is 0 Å². The van der Waals surface area contributed by atoms with Gasteiger partial charge in [0.15, 0.2) is 0 Å². The number of ether oxygens (including phenoxy) is 1. The van der Waals surface area contributed by atoms with Gasteiger partial charge >= 0.3 is 0 Å². The van der Waals surface area contributed by atoms with E-state index in [0.29, 0.717) is 19.8 Å². The normalized spacial score (nSPS) is 16.7. The van der Waals surface area contributed by atoms with E-state index in [1.54, 1.807) is 0 Å². The Morgan fingerprint density at radius 1 is 1.33 bits per heavy atom. The van der Waals surface area contributed by atoms with Gasteiger partial charge in [-0.25, -0.2) is 0 Å². The standard InChI is InChI=1S/C20H30BrN3O3/c1-3-27-13-5-10-22-20(26)16-8-11-24(12-9-16)15(2)19(25)23-18-7-4-6-17(21)14-18/h4,6-7,14-16H,3,5,8-13H2,1-2H3,(H,22,26)(H,23,25). The number of likely N-dealkylation sites (tertiary alicyclic amines) is 1. The van der Waals surface area contributed by atoms with E-state index in [1.807, 2.05) is 38.1 Å². The quantitative estimate of drug-likeness (QED) is 0.580. The van der Waals surface area contributed by atoms with Crippen molar-refractivity contribution in [1.29, 1.82) is 0 Å². The lowest BCUT2D eigenvalue weighted by Gasteiger charge is -2.34. The average molecular weight is 440 g/mol. The molecule has 1 unspecified atom stereocenters. The molecule has 7 heteroatoms. The Morgan fingerprint density at radius 3 is 2.74 bits per heavy atom.